The van der Waals surface area contributed by atoms with Crippen molar-refractivity contribution in [3.63, 3.8) is 0 Å². The zero-order valence-electron chi connectivity index (χ0n) is 11.5. The molecule has 0 radical (unpaired) electrons. The van der Waals surface area contributed by atoms with Gasteiger partial charge in [0.05, 0.1) is 12.3 Å². The Hall–Kier alpha value is -0.870. The highest BCUT2D eigenvalue weighted by Gasteiger charge is 2.33. The van der Waals surface area contributed by atoms with Gasteiger partial charge in [0.25, 0.3) is 0 Å². The Morgan fingerprint density at radius 2 is 2.33 bits per heavy atom. The Balaban J connectivity index is 1.81. The summed E-state index contributed by atoms with van der Waals surface area (Å²) in [7, 11) is 0. The number of hydrogen-bond donors (Lipinski definition) is 2. The summed E-state index contributed by atoms with van der Waals surface area (Å²) in [4.78, 5) is 0. The van der Waals surface area contributed by atoms with Gasteiger partial charge in [-0.25, -0.2) is 0 Å². The molecule has 1 unspecified atom stereocenters. The van der Waals surface area contributed by atoms with Crippen molar-refractivity contribution in [2.75, 3.05) is 6.61 Å². The molecule has 2 rings (SSSR count). The average Bonchev–Trinajstić information content (AvgIpc) is 3.09. The molecule has 1 aliphatic rings. The fraction of sp³-hybridized carbons (Fsp3) is 0.786. The first-order chi connectivity index (χ1) is 8.67. The standard InChI is InChI=1S/C14H25N3O/c1-3-14(11-18,15-13-5-6-13)8-4-9-17-10-7-12(2)16-17/h7,10,13,15,18H,3-6,8-9,11H2,1-2H3. The first-order valence-corrected chi connectivity index (χ1v) is 7.06. The van der Waals surface area contributed by atoms with E-state index in [0.717, 1.165) is 31.5 Å². The van der Waals surface area contributed by atoms with Gasteiger partial charge >= 0.3 is 0 Å². The molecule has 2 N–H and O–H groups in total. The zero-order valence-corrected chi connectivity index (χ0v) is 11.5. The van der Waals surface area contributed by atoms with Crippen molar-refractivity contribution in [1.29, 1.82) is 0 Å². The van der Waals surface area contributed by atoms with Crippen LogP contribution in [0.1, 0.15) is 44.7 Å². The van der Waals surface area contributed by atoms with Crippen LogP contribution in [0.15, 0.2) is 12.3 Å². The quantitative estimate of drug-likeness (QED) is 0.741. The van der Waals surface area contributed by atoms with E-state index < -0.39 is 0 Å². The third-order valence-corrected chi connectivity index (χ3v) is 3.88. The summed E-state index contributed by atoms with van der Waals surface area (Å²) in [6, 6.07) is 2.67. The molecule has 4 heteroatoms. The second-order valence-corrected chi connectivity index (χ2v) is 5.53. The van der Waals surface area contributed by atoms with E-state index in [1.807, 2.05) is 23.9 Å². The number of nitrogens with one attached hydrogen (secondary N) is 1. The van der Waals surface area contributed by atoms with E-state index in [-0.39, 0.29) is 12.1 Å². The van der Waals surface area contributed by atoms with Crippen molar-refractivity contribution in [3.05, 3.63) is 18.0 Å². The maximum atomic E-state index is 9.67. The molecule has 0 amide bonds. The molecule has 4 nitrogen and oxygen atoms in total. The van der Waals surface area contributed by atoms with E-state index in [2.05, 4.69) is 17.3 Å². The van der Waals surface area contributed by atoms with Crippen LogP contribution >= 0.6 is 0 Å². The van der Waals surface area contributed by atoms with Crippen LogP contribution in [0.4, 0.5) is 0 Å². The number of rotatable bonds is 8. The van der Waals surface area contributed by atoms with Crippen LogP contribution in [0.5, 0.6) is 0 Å². The lowest BCUT2D eigenvalue weighted by molar-refractivity contribution is 0.140. The predicted molar refractivity (Wildman–Crippen MR) is 72.5 cm³/mol. The number of aliphatic hydroxyl groups excluding tert-OH is 1. The molecule has 1 heterocycles. The van der Waals surface area contributed by atoms with Crippen molar-refractivity contribution in [1.82, 2.24) is 15.1 Å². The summed E-state index contributed by atoms with van der Waals surface area (Å²) in [5.41, 5.74) is 0.985. The second-order valence-electron chi connectivity index (χ2n) is 5.53. The Morgan fingerprint density at radius 3 is 2.83 bits per heavy atom. The maximum Gasteiger partial charge on any atom is 0.0613 e. The van der Waals surface area contributed by atoms with Gasteiger partial charge < -0.3 is 10.4 Å². The third-order valence-electron chi connectivity index (χ3n) is 3.88. The van der Waals surface area contributed by atoms with Crippen LogP contribution in [-0.2, 0) is 6.54 Å². The highest BCUT2D eigenvalue weighted by Crippen LogP contribution is 2.26. The summed E-state index contributed by atoms with van der Waals surface area (Å²) in [5, 5.41) is 17.7. The topological polar surface area (TPSA) is 50.1 Å². The minimum atomic E-state index is -0.0800. The van der Waals surface area contributed by atoms with Gasteiger partial charge in [0.2, 0.25) is 0 Å². The summed E-state index contributed by atoms with van der Waals surface area (Å²) in [6.45, 7) is 5.33. The van der Waals surface area contributed by atoms with Crippen LogP contribution in [0.25, 0.3) is 0 Å². The summed E-state index contributed by atoms with van der Waals surface area (Å²) in [6.07, 6.45) is 7.60. The molecule has 0 aliphatic heterocycles. The molecule has 0 saturated heterocycles. The molecule has 1 aromatic rings. The SMILES string of the molecule is CCC(CO)(CCCn1ccc(C)n1)NC1CC1. The number of aliphatic hydroxyl groups is 1. The van der Waals surface area contributed by atoms with E-state index in [4.69, 9.17) is 0 Å². The Morgan fingerprint density at radius 1 is 1.56 bits per heavy atom. The maximum absolute atomic E-state index is 9.67. The molecule has 0 bridgehead atoms. The molecule has 102 valence electrons. The summed E-state index contributed by atoms with van der Waals surface area (Å²) < 4.78 is 1.99. The van der Waals surface area contributed by atoms with E-state index >= 15 is 0 Å². The van der Waals surface area contributed by atoms with Gasteiger partial charge in [0.15, 0.2) is 0 Å². The molecule has 18 heavy (non-hydrogen) atoms. The van der Waals surface area contributed by atoms with Crippen molar-refractivity contribution in [2.24, 2.45) is 0 Å². The van der Waals surface area contributed by atoms with E-state index in [9.17, 15) is 5.11 Å². The molecule has 0 aromatic carbocycles. The lowest BCUT2D eigenvalue weighted by Crippen LogP contribution is -2.49. The summed E-state index contributed by atoms with van der Waals surface area (Å²) >= 11 is 0. The number of aromatic nitrogens is 2. The minimum absolute atomic E-state index is 0.0800. The third kappa shape index (κ3) is 3.56. The van der Waals surface area contributed by atoms with Crippen molar-refractivity contribution < 1.29 is 5.11 Å². The van der Waals surface area contributed by atoms with Gasteiger partial charge in [-0.2, -0.15) is 5.10 Å². The molecular weight excluding hydrogens is 226 g/mol. The van der Waals surface area contributed by atoms with Crippen LogP contribution in [-0.4, -0.2) is 33.1 Å². The molecule has 1 saturated carbocycles. The smallest absolute Gasteiger partial charge is 0.0613 e. The molecule has 1 aliphatic carbocycles. The van der Waals surface area contributed by atoms with E-state index in [0.29, 0.717) is 6.04 Å². The van der Waals surface area contributed by atoms with Gasteiger partial charge in [0, 0.05) is 24.3 Å². The van der Waals surface area contributed by atoms with Gasteiger partial charge in [-0.15, -0.1) is 0 Å². The van der Waals surface area contributed by atoms with E-state index in [1.165, 1.54) is 12.8 Å². The van der Waals surface area contributed by atoms with Crippen LogP contribution in [0.3, 0.4) is 0 Å². The van der Waals surface area contributed by atoms with Gasteiger partial charge in [-0.1, -0.05) is 6.92 Å². The normalized spacial score (nSPS) is 18.8. The van der Waals surface area contributed by atoms with Crippen LogP contribution < -0.4 is 5.32 Å². The van der Waals surface area contributed by atoms with E-state index in [1.54, 1.807) is 0 Å². The predicted octanol–water partition coefficient (Wildman–Crippen LogP) is 1.86. The second kappa shape index (κ2) is 5.85. The first kappa shape index (κ1) is 13.6. The highest BCUT2D eigenvalue weighted by atomic mass is 16.3. The molecule has 1 aromatic heterocycles. The lowest BCUT2D eigenvalue weighted by Gasteiger charge is -2.32. The van der Waals surface area contributed by atoms with Crippen molar-refractivity contribution in [2.45, 2.75) is 64.1 Å². The van der Waals surface area contributed by atoms with Gasteiger partial charge in [0.1, 0.15) is 0 Å². The van der Waals surface area contributed by atoms with Gasteiger partial charge in [-0.05, 0) is 45.1 Å². The molecular formula is C14H25N3O. The van der Waals surface area contributed by atoms with Gasteiger partial charge in [-0.3, -0.25) is 4.68 Å². The summed E-state index contributed by atoms with van der Waals surface area (Å²) in [5.74, 6) is 0. The fourth-order valence-electron chi connectivity index (χ4n) is 2.42. The fourth-order valence-corrected chi connectivity index (χ4v) is 2.42. The monoisotopic (exact) mass is 251 g/mol. The van der Waals surface area contributed by atoms with Crippen molar-refractivity contribution >= 4 is 0 Å². The molecule has 1 fully saturated rings. The zero-order chi connectivity index (χ0) is 13.0. The van der Waals surface area contributed by atoms with Crippen LogP contribution in [0.2, 0.25) is 0 Å². The molecule has 0 spiro atoms. The number of aryl methyl sites for hydroxylation is 2. The molecule has 1 atom stereocenters. The Kier molecular flexibility index (Phi) is 4.40. The largest absolute Gasteiger partial charge is 0.394 e. The number of nitrogens with zero attached hydrogens (tertiary/aromatic N) is 2. The first-order valence-electron chi connectivity index (χ1n) is 7.06. The average molecular weight is 251 g/mol. The van der Waals surface area contributed by atoms with Crippen LogP contribution in [0, 0.1) is 6.92 Å². The minimum Gasteiger partial charge on any atom is -0.394 e. The highest BCUT2D eigenvalue weighted by molar-refractivity contribution is 4.96. The Labute approximate surface area is 109 Å². The Bertz CT molecular complexity index is 367. The lowest BCUT2D eigenvalue weighted by atomic mass is 9.91. The van der Waals surface area contributed by atoms with Crippen molar-refractivity contribution in [3.8, 4) is 0 Å². The number of hydrogen-bond acceptors (Lipinski definition) is 3.